The fourth-order valence-corrected chi connectivity index (χ4v) is 3.07. The Bertz CT molecular complexity index is 818. The van der Waals surface area contributed by atoms with Crippen LogP contribution in [0.4, 0.5) is 10.1 Å². The highest BCUT2D eigenvalue weighted by atomic mass is 19.1. The van der Waals surface area contributed by atoms with Crippen molar-refractivity contribution in [3.63, 3.8) is 0 Å². The quantitative estimate of drug-likeness (QED) is 0.478. The smallest absolute Gasteiger partial charge is 0.270 e. The number of amides is 1. The molecule has 5 nitrogen and oxygen atoms in total. The molecular weight excluding hydrogens is 323 g/mol. The molecule has 1 aliphatic rings. The maximum absolute atomic E-state index is 13.1. The molecule has 128 valence electrons. The Balaban J connectivity index is 1.74. The van der Waals surface area contributed by atoms with Gasteiger partial charge >= 0.3 is 0 Å². The Labute approximate surface area is 144 Å². The number of rotatable bonds is 4. The molecule has 0 aliphatic carbocycles. The first-order chi connectivity index (χ1) is 12.0. The average Bonchev–Trinajstić information content (AvgIpc) is 3.10. The van der Waals surface area contributed by atoms with Crippen LogP contribution in [0.2, 0.25) is 0 Å². The van der Waals surface area contributed by atoms with Crippen LogP contribution in [0, 0.1) is 15.9 Å². The molecule has 1 unspecified atom stereocenters. The molecule has 0 N–H and O–H groups in total. The molecule has 25 heavy (non-hydrogen) atoms. The van der Waals surface area contributed by atoms with Crippen LogP contribution in [0.1, 0.15) is 30.0 Å². The van der Waals surface area contributed by atoms with Gasteiger partial charge in [0, 0.05) is 24.8 Å². The van der Waals surface area contributed by atoms with Crippen molar-refractivity contribution >= 4 is 17.7 Å². The number of nitrogens with zero attached hydrogens (tertiary/aromatic N) is 2. The molecule has 0 bridgehead atoms. The molecular formula is C19H17FN2O3. The minimum absolute atomic E-state index is 0.0139. The number of benzene rings is 2. The van der Waals surface area contributed by atoms with Crippen LogP contribution in [-0.2, 0) is 4.79 Å². The van der Waals surface area contributed by atoms with Crippen LogP contribution in [0.5, 0.6) is 0 Å². The van der Waals surface area contributed by atoms with Gasteiger partial charge in [0.05, 0.1) is 11.0 Å². The molecule has 1 saturated heterocycles. The number of hydrogen-bond acceptors (Lipinski definition) is 3. The summed E-state index contributed by atoms with van der Waals surface area (Å²) in [4.78, 5) is 24.6. The predicted molar refractivity (Wildman–Crippen MR) is 92.2 cm³/mol. The lowest BCUT2D eigenvalue weighted by Crippen LogP contribution is -2.28. The van der Waals surface area contributed by atoms with Crippen LogP contribution in [-0.4, -0.2) is 22.3 Å². The first kappa shape index (κ1) is 16.8. The van der Waals surface area contributed by atoms with Crippen molar-refractivity contribution in [2.24, 2.45) is 0 Å². The summed E-state index contributed by atoms with van der Waals surface area (Å²) in [6.07, 6.45) is 4.73. The molecule has 1 atom stereocenters. The van der Waals surface area contributed by atoms with Gasteiger partial charge < -0.3 is 4.90 Å². The van der Waals surface area contributed by atoms with Gasteiger partial charge in [-0.3, -0.25) is 14.9 Å². The minimum atomic E-state index is -0.468. The van der Waals surface area contributed by atoms with Crippen LogP contribution in [0.15, 0.2) is 54.6 Å². The van der Waals surface area contributed by atoms with E-state index in [-0.39, 0.29) is 23.5 Å². The second-order valence-corrected chi connectivity index (χ2v) is 5.93. The summed E-state index contributed by atoms with van der Waals surface area (Å²) in [5.74, 6) is -0.455. The van der Waals surface area contributed by atoms with Crippen LogP contribution >= 0.6 is 0 Å². The van der Waals surface area contributed by atoms with E-state index in [9.17, 15) is 19.3 Å². The number of nitro benzene ring substituents is 1. The molecule has 1 heterocycles. The molecule has 1 fully saturated rings. The molecule has 0 spiro atoms. The topological polar surface area (TPSA) is 63.4 Å². The van der Waals surface area contributed by atoms with E-state index in [4.69, 9.17) is 0 Å². The van der Waals surface area contributed by atoms with Crippen molar-refractivity contribution in [1.82, 2.24) is 4.90 Å². The first-order valence-corrected chi connectivity index (χ1v) is 8.03. The normalized spacial score (nSPS) is 17.2. The highest BCUT2D eigenvalue weighted by molar-refractivity contribution is 5.92. The second kappa shape index (κ2) is 7.25. The van der Waals surface area contributed by atoms with Gasteiger partial charge in [0.1, 0.15) is 5.82 Å². The Morgan fingerprint density at radius 1 is 1.24 bits per heavy atom. The largest absolute Gasteiger partial charge is 0.332 e. The molecule has 3 rings (SSSR count). The molecule has 2 aromatic carbocycles. The first-order valence-electron chi connectivity index (χ1n) is 8.03. The lowest BCUT2D eigenvalue weighted by atomic mass is 10.0. The van der Waals surface area contributed by atoms with Gasteiger partial charge in [-0.2, -0.15) is 0 Å². The standard InChI is InChI=1S/C19H17FN2O3/c20-16-9-7-15(8-10-16)18-5-2-12-21(18)19(23)11-6-14-3-1-4-17(13-14)22(24)25/h1,3-4,6-11,13,18H,2,5,12H2/b11-6+. The van der Waals surface area contributed by atoms with E-state index in [1.807, 2.05) is 0 Å². The van der Waals surface area contributed by atoms with Crippen molar-refractivity contribution in [1.29, 1.82) is 0 Å². The fourth-order valence-electron chi connectivity index (χ4n) is 3.07. The van der Waals surface area contributed by atoms with E-state index in [0.29, 0.717) is 12.1 Å². The van der Waals surface area contributed by atoms with Gasteiger partial charge in [0.25, 0.3) is 5.69 Å². The van der Waals surface area contributed by atoms with Crippen molar-refractivity contribution in [2.45, 2.75) is 18.9 Å². The van der Waals surface area contributed by atoms with Gasteiger partial charge in [-0.1, -0.05) is 24.3 Å². The summed E-state index contributed by atoms with van der Waals surface area (Å²) in [6.45, 7) is 0.639. The van der Waals surface area contributed by atoms with E-state index in [2.05, 4.69) is 0 Å². The molecule has 0 aromatic heterocycles. The highest BCUT2D eigenvalue weighted by Crippen LogP contribution is 2.32. The monoisotopic (exact) mass is 340 g/mol. The van der Waals surface area contributed by atoms with Gasteiger partial charge in [-0.15, -0.1) is 0 Å². The number of halogens is 1. The van der Waals surface area contributed by atoms with Crippen molar-refractivity contribution < 1.29 is 14.1 Å². The van der Waals surface area contributed by atoms with Gasteiger partial charge in [0.2, 0.25) is 5.91 Å². The molecule has 0 saturated carbocycles. The van der Waals surface area contributed by atoms with Gasteiger partial charge in [-0.05, 0) is 42.2 Å². The molecule has 6 heteroatoms. The zero-order valence-electron chi connectivity index (χ0n) is 13.5. The Hall–Kier alpha value is -3.02. The summed E-state index contributed by atoms with van der Waals surface area (Å²) in [5, 5.41) is 10.8. The van der Waals surface area contributed by atoms with Crippen LogP contribution in [0.3, 0.4) is 0 Å². The van der Waals surface area contributed by atoms with Gasteiger partial charge in [-0.25, -0.2) is 4.39 Å². The predicted octanol–water partition coefficient (Wildman–Crippen LogP) is 4.11. The number of carbonyl (C=O) groups excluding carboxylic acids is 1. The molecule has 2 aromatic rings. The van der Waals surface area contributed by atoms with E-state index in [1.165, 1.54) is 30.3 Å². The number of non-ortho nitro benzene ring substituents is 1. The summed E-state index contributed by atoms with van der Waals surface area (Å²) in [7, 11) is 0. The third-order valence-electron chi connectivity index (χ3n) is 4.29. The third-order valence-corrected chi connectivity index (χ3v) is 4.29. The number of nitro groups is 1. The summed E-state index contributed by atoms with van der Waals surface area (Å²) < 4.78 is 13.1. The Kier molecular flexibility index (Phi) is 4.88. The zero-order valence-corrected chi connectivity index (χ0v) is 13.5. The molecule has 0 radical (unpaired) electrons. The van der Waals surface area contributed by atoms with Crippen molar-refractivity contribution in [3.05, 3.63) is 81.7 Å². The third kappa shape index (κ3) is 3.91. The van der Waals surface area contributed by atoms with Crippen LogP contribution in [0.25, 0.3) is 6.08 Å². The average molecular weight is 340 g/mol. The summed E-state index contributed by atoms with van der Waals surface area (Å²) >= 11 is 0. The van der Waals surface area contributed by atoms with E-state index >= 15 is 0 Å². The lowest BCUT2D eigenvalue weighted by Gasteiger charge is -2.23. The van der Waals surface area contributed by atoms with Gasteiger partial charge in [0.15, 0.2) is 0 Å². The minimum Gasteiger partial charge on any atom is -0.332 e. The van der Waals surface area contributed by atoms with E-state index in [0.717, 1.165) is 18.4 Å². The Morgan fingerprint density at radius 3 is 2.72 bits per heavy atom. The highest BCUT2D eigenvalue weighted by Gasteiger charge is 2.28. The SMILES string of the molecule is O=C(/C=C/c1cccc([N+](=O)[O-])c1)N1CCCC1c1ccc(F)cc1. The van der Waals surface area contributed by atoms with Crippen LogP contribution < -0.4 is 0 Å². The molecule has 1 amide bonds. The summed E-state index contributed by atoms with van der Waals surface area (Å²) in [6, 6.07) is 12.3. The maximum atomic E-state index is 13.1. The zero-order chi connectivity index (χ0) is 17.8. The lowest BCUT2D eigenvalue weighted by molar-refractivity contribution is -0.384. The fraction of sp³-hybridized carbons (Fsp3) is 0.211. The second-order valence-electron chi connectivity index (χ2n) is 5.93. The summed E-state index contributed by atoms with van der Waals surface area (Å²) in [5.41, 5.74) is 1.50. The van der Waals surface area contributed by atoms with Crippen molar-refractivity contribution in [3.8, 4) is 0 Å². The van der Waals surface area contributed by atoms with Crippen molar-refractivity contribution in [2.75, 3.05) is 6.54 Å². The Morgan fingerprint density at radius 2 is 2.00 bits per heavy atom. The van der Waals surface area contributed by atoms with E-state index < -0.39 is 4.92 Å². The number of likely N-dealkylation sites (tertiary alicyclic amines) is 1. The maximum Gasteiger partial charge on any atom is 0.270 e. The van der Waals surface area contributed by atoms with E-state index in [1.54, 1.807) is 35.2 Å². The number of carbonyl (C=O) groups is 1. The number of hydrogen-bond donors (Lipinski definition) is 0. The molecule has 1 aliphatic heterocycles.